The van der Waals surface area contributed by atoms with E-state index in [-0.39, 0.29) is 5.91 Å². The summed E-state index contributed by atoms with van der Waals surface area (Å²) < 4.78 is 5.43. The van der Waals surface area contributed by atoms with Crippen LogP contribution in [0, 0.1) is 5.92 Å². The van der Waals surface area contributed by atoms with E-state index in [1.807, 2.05) is 35.6 Å². The van der Waals surface area contributed by atoms with Gasteiger partial charge in [-0.25, -0.2) is 0 Å². The molecule has 2 aliphatic rings. The van der Waals surface area contributed by atoms with E-state index in [2.05, 4.69) is 27.3 Å². The first kappa shape index (κ1) is 18.5. The lowest BCUT2D eigenvalue weighted by Crippen LogP contribution is -2.55. The molecule has 4 rings (SSSR count). The molecule has 144 valence electrons. The van der Waals surface area contributed by atoms with Gasteiger partial charge >= 0.3 is 0 Å². The molecular weight excluding hydrogens is 356 g/mol. The molecule has 0 radical (unpaired) electrons. The molecule has 1 aromatic heterocycles. The summed E-state index contributed by atoms with van der Waals surface area (Å²) in [6, 6.07) is 12.6. The first-order chi connectivity index (χ1) is 13.2. The fourth-order valence-electron chi connectivity index (χ4n) is 4.67. The quantitative estimate of drug-likeness (QED) is 0.786. The van der Waals surface area contributed by atoms with E-state index in [9.17, 15) is 4.79 Å². The van der Waals surface area contributed by atoms with Crippen molar-refractivity contribution >= 4 is 17.2 Å². The molecule has 2 aromatic rings. The second-order valence-electron chi connectivity index (χ2n) is 7.65. The number of rotatable bonds is 5. The average Bonchev–Trinajstić information content (AvgIpc) is 3.20. The highest BCUT2D eigenvalue weighted by Gasteiger charge is 2.38. The Balaban J connectivity index is 1.40. The molecule has 1 amide bonds. The SMILES string of the molecule is COc1ccccc1CC(=O)N1CCC[C@@H]2CN(Cc3cccs3)CC[C@H]21. The standard InChI is InChI=1S/C22H28N2O2S/c1-26-21-9-3-2-6-17(21)14-22(25)24-11-4-7-18-15-23(12-10-20(18)24)16-19-8-5-13-27-19/h2-3,5-6,8-9,13,18,20H,4,7,10-12,14-16H2,1H3/t18-,20-/m1/s1. The van der Waals surface area contributed by atoms with Crippen LogP contribution in [0.5, 0.6) is 5.75 Å². The third-order valence-corrected chi connectivity index (χ3v) is 6.83. The smallest absolute Gasteiger partial charge is 0.227 e. The number of hydrogen-bond acceptors (Lipinski definition) is 4. The zero-order chi connectivity index (χ0) is 18.6. The topological polar surface area (TPSA) is 32.8 Å². The number of carbonyl (C=O) groups excluding carboxylic acids is 1. The Bertz CT molecular complexity index is 761. The van der Waals surface area contributed by atoms with Crippen LogP contribution in [0.2, 0.25) is 0 Å². The van der Waals surface area contributed by atoms with Crippen LogP contribution in [0.1, 0.15) is 29.7 Å². The van der Waals surface area contributed by atoms with E-state index in [1.165, 1.54) is 11.3 Å². The summed E-state index contributed by atoms with van der Waals surface area (Å²) in [5.74, 6) is 1.67. The van der Waals surface area contributed by atoms with Crippen molar-refractivity contribution in [2.24, 2.45) is 5.92 Å². The van der Waals surface area contributed by atoms with Crippen molar-refractivity contribution in [3.63, 3.8) is 0 Å². The lowest BCUT2D eigenvalue weighted by atomic mass is 9.83. The molecule has 0 bridgehead atoms. The molecule has 0 aliphatic carbocycles. The third-order valence-electron chi connectivity index (χ3n) is 5.97. The van der Waals surface area contributed by atoms with Gasteiger partial charge in [0.2, 0.25) is 5.91 Å². The highest BCUT2D eigenvalue weighted by Crippen LogP contribution is 2.32. The van der Waals surface area contributed by atoms with Gasteiger partial charge in [0.05, 0.1) is 13.5 Å². The molecule has 2 fully saturated rings. The lowest BCUT2D eigenvalue weighted by Gasteiger charge is -2.47. The number of thiophene rings is 1. The molecule has 0 unspecified atom stereocenters. The number of likely N-dealkylation sites (tertiary alicyclic amines) is 2. The zero-order valence-electron chi connectivity index (χ0n) is 16.0. The zero-order valence-corrected chi connectivity index (χ0v) is 16.8. The first-order valence-electron chi connectivity index (χ1n) is 9.90. The number of nitrogens with zero attached hydrogens (tertiary/aromatic N) is 2. The average molecular weight is 385 g/mol. The van der Waals surface area contributed by atoms with Crippen LogP contribution in [0.15, 0.2) is 41.8 Å². The Morgan fingerprint density at radius 3 is 2.89 bits per heavy atom. The largest absolute Gasteiger partial charge is 0.496 e. The van der Waals surface area contributed by atoms with Gasteiger partial charge in [-0.3, -0.25) is 9.69 Å². The van der Waals surface area contributed by atoms with E-state index in [0.29, 0.717) is 18.4 Å². The second-order valence-corrected chi connectivity index (χ2v) is 8.68. The number of benzene rings is 1. The molecule has 0 saturated carbocycles. The molecule has 2 saturated heterocycles. The number of ether oxygens (including phenoxy) is 1. The van der Waals surface area contributed by atoms with Crippen molar-refractivity contribution in [3.05, 3.63) is 52.2 Å². The van der Waals surface area contributed by atoms with Gasteiger partial charge in [-0.1, -0.05) is 24.3 Å². The summed E-state index contributed by atoms with van der Waals surface area (Å²) in [6.07, 6.45) is 3.88. The van der Waals surface area contributed by atoms with Crippen LogP contribution in [0.4, 0.5) is 0 Å². The lowest BCUT2D eigenvalue weighted by molar-refractivity contribution is -0.137. The molecule has 4 nitrogen and oxygen atoms in total. The van der Waals surface area contributed by atoms with Crippen LogP contribution in [-0.2, 0) is 17.8 Å². The van der Waals surface area contributed by atoms with E-state index in [0.717, 1.165) is 50.3 Å². The molecular formula is C22H28N2O2S. The van der Waals surface area contributed by atoms with Crippen LogP contribution in [0.25, 0.3) is 0 Å². The van der Waals surface area contributed by atoms with Crippen molar-refractivity contribution in [1.82, 2.24) is 9.80 Å². The number of methoxy groups -OCH3 is 1. The Hall–Kier alpha value is -1.85. The first-order valence-corrected chi connectivity index (χ1v) is 10.8. The van der Waals surface area contributed by atoms with Crippen molar-refractivity contribution in [2.75, 3.05) is 26.7 Å². The summed E-state index contributed by atoms with van der Waals surface area (Å²) >= 11 is 1.84. The molecule has 1 aromatic carbocycles. The van der Waals surface area contributed by atoms with Crippen molar-refractivity contribution in [2.45, 2.75) is 38.3 Å². The van der Waals surface area contributed by atoms with Gasteiger partial charge in [-0.05, 0) is 42.7 Å². The fourth-order valence-corrected chi connectivity index (χ4v) is 5.41. The van der Waals surface area contributed by atoms with Crippen LogP contribution in [0.3, 0.4) is 0 Å². The minimum absolute atomic E-state index is 0.251. The maximum atomic E-state index is 13.1. The predicted octanol–water partition coefficient (Wildman–Crippen LogP) is 3.81. The van der Waals surface area contributed by atoms with E-state index < -0.39 is 0 Å². The molecule has 2 aliphatic heterocycles. The van der Waals surface area contributed by atoms with Gasteiger partial charge in [0, 0.05) is 42.7 Å². The highest BCUT2D eigenvalue weighted by molar-refractivity contribution is 7.09. The van der Waals surface area contributed by atoms with Crippen LogP contribution in [-0.4, -0.2) is 48.5 Å². The summed E-state index contributed by atoms with van der Waals surface area (Å²) in [6.45, 7) is 4.15. The van der Waals surface area contributed by atoms with Gasteiger partial charge in [-0.2, -0.15) is 0 Å². The highest BCUT2D eigenvalue weighted by atomic mass is 32.1. The Morgan fingerprint density at radius 2 is 2.07 bits per heavy atom. The van der Waals surface area contributed by atoms with Crippen molar-refractivity contribution < 1.29 is 9.53 Å². The maximum Gasteiger partial charge on any atom is 0.227 e. The maximum absolute atomic E-state index is 13.1. The van der Waals surface area contributed by atoms with Gasteiger partial charge in [0.25, 0.3) is 0 Å². The minimum atomic E-state index is 0.251. The fraction of sp³-hybridized carbons (Fsp3) is 0.500. The number of amides is 1. The Kier molecular flexibility index (Phi) is 5.79. The number of piperidine rings is 2. The van der Waals surface area contributed by atoms with Crippen molar-refractivity contribution in [1.29, 1.82) is 0 Å². The number of hydrogen-bond donors (Lipinski definition) is 0. The van der Waals surface area contributed by atoms with Crippen molar-refractivity contribution in [3.8, 4) is 5.75 Å². The summed E-state index contributed by atoms with van der Waals surface area (Å²) in [4.78, 5) is 19.3. The van der Waals surface area contributed by atoms with Gasteiger partial charge in [0.15, 0.2) is 0 Å². The van der Waals surface area contributed by atoms with E-state index in [4.69, 9.17) is 4.74 Å². The monoisotopic (exact) mass is 384 g/mol. The number of carbonyl (C=O) groups is 1. The van der Waals surface area contributed by atoms with Crippen LogP contribution >= 0.6 is 11.3 Å². The number of fused-ring (bicyclic) bond motifs is 1. The second kappa shape index (κ2) is 8.44. The predicted molar refractivity (Wildman–Crippen MR) is 109 cm³/mol. The summed E-state index contributed by atoms with van der Waals surface area (Å²) in [5, 5.41) is 2.15. The number of para-hydroxylation sites is 1. The molecule has 5 heteroatoms. The van der Waals surface area contributed by atoms with E-state index in [1.54, 1.807) is 7.11 Å². The normalized spacial score (nSPS) is 23.1. The molecule has 0 spiro atoms. The summed E-state index contributed by atoms with van der Waals surface area (Å²) in [5.41, 5.74) is 0.988. The molecule has 0 N–H and O–H groups in total. The summed E-state index contributed by atoms with van der Waals surface area (Å²) in [7, 11) is 1.67. The van der Waals surface area contributed by atoms with E-state index >= 15 is 0 Å². The third kappa shape index (κ3) is 4.19. The Labute approximate surface area is 165 Å². The van der Waals surface area contributed by atoms with Crippen LogP contribution < -0.4 is 4.74 Å². The van der Waals surface area contributed by atoms with Gasteiger partial charge < -0.3 is 9.64 Å². The minimum Gasteiger partial charge on any atom is -0.496 e. The molecule has 27 heavy (non-hydrogen) atoms. The van der Waals surface area contributed by atoms with Gasteiger partial charge in [0.1, 0.15) is 5.75 Å². The Morgan fingerprint density at radius 1 is 1.19 bits per heavy atom. The molecule has 3 heterocycles. The van der Waals surface area contributed by atoms with Gasteiger partial charge in [-0.15, -0.1) is 11.3 Å². The molecule has 2 atom stereocenters.